The van der Waals surface area contributed by atoms with E-state index >= 15 is 0 Å². The molecule has 1 aliphatic heterocycles. The number of unbranched alkanes of at least 4 members (excludes halogenated alkanes) is 4. The molecule has 0 aromatic heterocycles. The predicted molar refractivity (Wildman–Crippen MR) is 104 cm³/mol. The van der Waals surface area contributed by atoms with Crippen LogP contribution >= 0.6 is 0 Å². The molecule has 1 unspecified atom stereocenters. The number of carboxylic acids is 1. The first-order valence-corrected chi connectivity index (χ1v) is 10.2. The lowest BCUT2D eigenvalue weighted by atomic mass is 9.99. The number of hydrogen-bond donors (Lipinski definition) is 5. The van der Waals surface area contributed by atoms with Crippen LogP contribution < -0.4 is 4.74 Å². The zero-order chi connectivity index (χ0) is 21.4. The van der Waals surface area contributed by atoms with Crippen molar-refractivity contribution in [2.24, 2.45) is 0 Å². The van der Waals surface area contributed by atoms with E-state index in [1.807, 2.05) is 19.1 Å². The molecule has 1 fully saturated rings. The highest BCUT2D eigenvalue weighted by Gasteiger charge is 2.48. The molecule has 8 heteroatoms. The molecule has 1 aliphatic rings. The Bertz CT molecular complexity index is 618. The minimum Gasteiger partial charge on any atom is -0.479 e. The van der Waals surface area contributed by atoms with Crippen molar-refractivity contribution >= 4 is 5.97 Å². The smallest absolute Gasteiger partial charge is 0.335 e. The van der Waals surface area contributed by atoms with Crippen molar-refractivity contribution in [2.45, 2.75) is 88.7 Å². The number of carboxylic acid groups (broad SMARTS) is 1. The molecule has 29 heavy (non-hydrogen) atoms. The summed E-state index contributed by atoms with van der Waals surface area (Å²) < 4.78 is 10.6. The first-order chi connectivity index (χ1) is 13.8. The van der Waals surface area contributed by atoms with Crippen LogP contribution in [-0.2, 0) is 16.0 Å². The molecule has 0 bridgehead atoms. The number of hydrogen-bond acceptors (Lipinski definition) is 7. The molecule has 0 spiro atoms. The minimum atomic E-state index is -1.74. The van der Waals surface area contributed by atoms with Gasteiger partial charge in [0, 0.05) is 0 Å². The van der Waals surface area contributed by atoms with Crippen molar-refractivity contribution in [1.82, 2.24) is 0 Å². The Labute approximate surface area is 170 Å². The van der Waals surface area contributed by atoms with E-state index in [1.54, 1.807) is 12.1 Å². The van der Waals surface area contributed by atoms with E-state index in [4.69, 9.17) is 14.6 Å². The van der Waals surface area contributed by atoms with Crippen molar-refractivity contribution in [3.05, 3.63) is 29.8 Å². The Morgan fingerprint density at radius 1 is 1.00 bits per heavy atom. The third-order valence-corrected chi connectivity index (χ3v) is 5.08. The molecule has 0 amide bonds. The molecule has 1 aromatic carbocycles. The number of aliphatic hydroxyl groups excluding tert-OH is 4. The molecule has 1 saturated heterocycles. The quantitative estimate of drug-likeness (QED) is 0.342. The van der Waals surface area contributed by atoms with Gasteiger partial charge in [0.05, 0.1) is 6.10 Å². The summed E-state index contributed by atoms with van der Waals surface area (Å²) >= 11 is 0. The van der Waals surface area contributed by atoms with Gasteiger partial charge in [-0.05, 0) is 43.9 Å². The summed E-state index contributed by atoms with van der Waals surface area (Å²) in [7, 11) is 0. The summed E-state index contributed by atoms with van der Waals surface area (Å²) in [6.07, 6.45) is -1.04. The highest BCUT2D eigenvalue weighted by molar-refractivity contribution is 5.73. The van der Waals surface area contributed by atoms with E-state index in [0.717, 1.165) is 50.5 Å². The average Bonchev–Trinajstić information content (AvgIpc) is 2.68. The molecule has 8 nitrogen and oxygen atoms in total. The van der Waals surface area contributed by atoms with Gasteiger partial charge in [-0.15, -0.1) is 0 Å². The fourth-order valence-electron chi connectivity index (χ4n) is 3.32. The van der Waals surface area contributed by atoms with Crippen molar-refractivity contribution in [1.29, 1.82) is 0 Å². The Kier molecular flexibility index (Phi) is 9.32. The summed E-state index contributed by atoms with van der Waals surface area (Å²) in [6, 6.07) is 7.17. The van der Waals surface area contributed by atoms with Crippen molar-refractivity contribution in [3.8, 4) is 5.75 Å². The van der Waals surface area contributed by atoms with E-state index < -0.39 is 36.7 Å². The van der Waals surface area contributed by atoms with Gasteiger partial charge in [0.15, 0.2) is 6.10 Å². The van der Waals surface area contributed by atoms with Gasteiger partial charge in [-0.2, -0.15) is 0 Å². The number of ether oxygens (including phenoxy) is 2. The molecule has 0 radical (unpaired) electrons. The van der Waals surface area contributed by atoms with Crippen LogP contribution in [0.1, 0.15) is 51.0 Å². The Hall–Kier alpha value is -1.71. The van der Waals surface area contributed by atoms with Crippen LogP contribution in [0.5, 0.6) is 5.75 Å². The molecule has 6 atom stereocenters. The predicted octanol–water partition coefficient (Wildman–Crippen LogP) is 1.22. The molecule has 5 N–H and O–H groups in total. The van der Waals surface area contributed by atoms with Crippen LogP contribution in [0.25, 0.3) is 0 Å². The Morgan fingerprint density at radius 2 is 1.62 bits per heavy atom. The molecular formula is C21H32O8. The second-order valence-electron chi connectivity index (χ2n) is 7.65. The molecular weight excluding hydrogens is 380 g/mol. The Balaban J connectivity index is 1.77. The third-order valence-electron chi connectivity index (χ3n) is 5.08. The van der Waals surface area contributed by atoms with Crippen LogP contribution in [0.2, 0.25) is 0 Å². The van der Waals surface area contributed by atoms with E-state index in [9.17, 15) is 25.2 Å². The summed E-state index contributed by atoms with van der Waals surface area (Å²) in [6.45, 7) is 1.81. The zero-order valence-electron chi connectivity index (χ0n) is 16.7. The highest BCUT2D eigenvalue weighted by Crippen LogP contribution is 2.25. The molecule has 164 valence electrons. The van der Waals surface area contributed by atoms with E-state index in [0.29, 0.717) is 5.75 Å². The number of aliphatic carboxylic acids is 1. The normalized spacial score (nSPS) is 28.1. The largest absolute Gasteiger partial charge is 0.479 e. The van der Waals surface area contributed by atoms with Crippen LogP contribution in [0, 0.1) is 0 Å². The fourth-order valence-corrected chi connectivity index (χ4v) is 3.32. The van der Waals surface area contributed by atoms with Gasteiger partial charge in [-0.3, -0.25) is 0 Å². The second-order valence-corrected chi connectivity index (χ2v) is 7.65. The number of benzene rings is 1. The SMILES string of the molecule is CC(O)CCCCCCCc1ccc(O[C@@H]2O[C@H](C(=O)O)[C@@H](O)[C@H](O)[C@H]2O)cc1. The standard InChI is InChI=1S/C21H32O8/c1-13(22)7-5-3-2-4-6-8-14-9-11-15(12-10-14)28-21-18(25)16(23)17(24)19(29-21)20(26)27/h9-13,16-19,21-25H,2-8H2,1H3,(H,26,27)/t13?,16-,17-,18+,19-,21+/m0/s1. The van der Waals surface area contributed by atoms with Crippen LogP contribution in [0.15, 0.2) is 24.3 Å². The topological polar surface area (TPSA) is 137 Å². The van der Waals surface area contributed by atoms with E-state index in [1.165, 1.54) is 0 Å². The maximum absolute atomic E-state index is 11.1. The summed E-state index contributed by atoms with van der Waals surface area (Å²) in [5.41, 5.74) is 1.13. The van der Waals surface area contributed by atoms with Crippen LogP contribution in [0.3, 0.4) is 0 Å². The lowest BCUT2D eigenvalue weighted by molar-refractivity contribution is -0.271. The van der Waals surface area contributed by atoms with Crippen LogP contribution in [0.4, 0.5) is 0 Å². The first-order valence-electron chi connectivity index (χ1n) is 10.2. The summed E-state index contributed by atoms with van der Waals surface area (Å²) in [5, 5.41) is 47.8. The fraction of sp³-hybridized carbons (Fsp3) is 0.667. The van der Waals surface area contributed by atoms with Gasteiger partial charge in [-0.1, -0.05) is 37.8 Å². The molecule has 1 heterocycles. The van der Waals surface area contributed by atoms with E-state index in [2.05, 4.69) is 0 Å². The summed E-state index contributed by atoms with van der Waals surface area (Å²) in [4.78, 5) is 11.1. The van der Waals surface area contributed by atoms with Gasteiger partial charge in [0.1, 0.15) is 24.1 Å². The van der Waals surface area contributed by atoms with Crippen molar-refractivity contribution < 1.29 is 39.8 Å². The zero-order valence-corrected chi connectivity index (χ0v) is 16.7. The highest BCUT2D eigenvalue weighted by atomic mass is 16.7. The molecule has 1 aromatic rings. The van der Waals surface area contributed by atoms with Gasteiger partial charge in [0.25, 0.3) is 0 Å². The Morgan fingerprint density at radius 3 is 2.24 bits per heavy atom. The lowest BCUT2D eigenvalue weighted by Crippen LogP contribution is -2.61. The number of aliphatic hydroxyl groups is 4. The van der Waals surface area contributed by atoms with Crippen molar-refractivity contribution in [3.63, 3.8) is 0 Å². The summed E-state index contributed by atoms with van der Waals surface area (Å²) in [5.74, 6) is -1.08. The van der Waals surface area contributed by atoms with E-state index in [-0.39, 0.29) is 6.10 Å². The lowest BCUT2D eigenvalue weighted by Gasteiger charge is -2.38. The molecule has 2 rings (SSSR count). The minimum absolute atomic E-state index is 0.223. The monoisotopic (exact) mass is 412 g/mol. The van der Waals surface area contributed by atoms with Gasteiger partial charge in [0.2, 0.25) is 6.29 Å². The molecule has 0 aliphatic carbocycles. The maximum Gasteiger partial charge on any atom is 0.335 e. The third kappa shape index (κ3) is 7.24. The molecule has 0 saturated carbocycles. The van der Waals surface area contributed by atoms with Gasteiger partial charge >= 0.3 is 5.97 Å². The number of carbonyl (C=O) groups is 1. The van der Waals surface area contributed by atoms with Gasteiger partial charge < -0.3 is 35.0 Å². The first kappa shape index (κ1) is 23.6. The van der Waals surface area contributed by atoms with Crippen molar-refractivity contribution in [2.75, 3.05) is 0 Å². The second kappa shape index (κ2) is 11.5. The number of aryl methyl sites for hydroxylation is 1. The van der Waals surface area contributed by atoms with Crippen LogP contribution in [-0.4, -0.2) is 68.3 Å². The maximum atomic E-state index is 11.1. The van der Waals surface area contributed by atoms with Gasteiger partial charge in [-0.25, -0.2) is 4.79 Å². The average molecular weight is 412 g/mol. The number of rotatable bonds is 11.